The van der Waals surface area contributed by atoms with Gasteiger partial charge in [0.1, 0.15) is 0 Å². The maximum atomic E-state index is 6.32. The van der Waals surface area contributed by atoms with Gasteiger partial charge in [0.25, 0.3) is 0 Å². The van der Waals surface area contributed by atoms with Gasteiger partial charge < -0.3 is 5.73 Å². The van der Waals surface area contributed by atoms with Crippen LogP contribution in [0.1, 0.15) is 78.6 Å². The lowest BCUT2D eigenvalue weighted by atomic mass is 9.71. The molecule has 0 spiro atoms. The maximum absolute atomic E-state index is 6.32. The Bertz CT molecular complexity index is 279. The molecule has 0 aromatic carbocycles. The molecule has 20 heavy (non-hydrogen) atoms. The summed E-state index contributed by atoms with van der Waals surface area (Å²) in [6, 6.07) is 0.789. The van der Waals surface area contributed by atoms with Crippen LogP contribution in [0.25, 0.3) is 0 Å². The first-order chi connectivity index (χ1) is 9.63. The summed E-state index contributed by atoms with van der Waals surface area (Å²) in [7, 11) is 0. The Morgan fingerprint density at radius 1 is 1.10 bits per heavy atom. The van der Waals surface area contributed by atoms with Crippen LogP contribution in [-0.2, 0) is 0 Å². The van der Waals surface area contributed by atoms with E-state index in [1.165, 1.54) is 64.3 Å². The Morgan fingerprint density at radius 3 is 2.35 bits per heavy atom. The number of hydrogen-bond acceptors (Lipinski definition) is 2. The number of nitrogens with zero attached hydrogens (tertiary/aromatic N) is 1. The van der Waals surface area contributed by atoms with E-state index in [0.29, 0.717) is 5.54 Å². The zero-order valence-corrected chi connectivity index (χ0v) is 14.0. The molecular weight excluding hydrogens is 244 g/mol. The highest BCUT2D eigenvalue weighted by molar-refractivity contribution is 4.99. The van der Waals surface area contributed by atoms with Gasteiger partial charge in [-0.25, -0.2) is 0 Å². The van der Waals surface area contributed by atoms with Crippen LogP contribution in [0.5, 0.6) is 0 Å². The second-order valence-electron chi connectivity index (χ2n) is 7.61. The van der Waals surface area contributed by atoms with Gasteiger partial charge in [-0.1, -0.05) is 33.6 Å². The van der Waals surface area contributed by atoms with Crippen molar-refractivity contribution >= 4 is 0 Å². The van der Waals surface area contributed by atoms with Crippen molar-refractivity contribution in [1.82, 2.24) is 4.90 Å². The Balaban J connectivity index is 2.09. The van der Waals surface area contributed by atoms with Gasteiger partial charge in [-0.2, -0.15) is 0 Å². The van der Waals surface area contributed by atoms with Gasteiger partial charge in [-0.15, -0.1) is 0 Å². The predicted octanol–water partition coefficient (Wildman–Crippen LogP) is 4.18. The van der Waals surface area contributed by atoms with E-state index in [4.69, 9.17) is 5.73 Å². The molecule has 2 N–H and O–H groups in total. The van der Waals surface area contributed by atoms with E-state index in [2.05, 4.69) is 25.7 Å². The van der Waals surface area contributed by atoms with Gasteiger partial charge in [-0.3, -0.25) is 4.90 Å². The summed E-state index contributed by atoms with van der Waals surface area (Å²) >= 11 is 0. The summed E-state index contributed by atoms with van der Waals surface area (Å²) in [4.78, 5) is 2.86. The van der Waals surface area contributed by atoms with Gasteiger partial charge in [-0.05, 0) is 63.3 Å². The number of hydrogen-bond donors (Lipinski definition) is 1. The number of rotatable bonds is 4. The first kappa shape index (κ1) is 16.3. The Hall–Kier alpha value is -0.0800. The summed E-state index contributed by atoms with van der Waals surface area (Å²) in [5, 5.41) is 0. The molecule has 1 saturated heterocycles. The van der Waals surface area contributed by atoms with E-state index in [1.54, 1.807) is 0 Å². The molecule has 1 saturated carbocycles. The Kier molecular flexibility index (Phi) is 5.92. The highest BCUT2D eigenvalue weighted by Crippen LogP contribution is 2.41. The SMILES string of the molecule is CCC1CCCCCN1C1(CN)CCC(C(C)C)CC1. The topological polar surface area (TPSA) is 29.3 Å². The molecule has 0 aromatic heterocycles. The molecule has 1 heterocycles. The van der Waals surface area contributed by atoms with E-state index in [1.807, 2.05) is 0 Å². The van der Waals surface area contributed by atoms with E-state index in [0.717, 1.165) is 24.4 Å². The molecule has 0 aromatic rings. The van der Waals surface area contributed by atoms with Crippen molar-refractivity contribution in [2.24, 2.45) is 17.6 Å². The Labute approximate surface area is 126 Å². The molecular formula is C18H36N2. The lowest BCUT2D eigenvalue weighted by Crippen LogP contribution is -2.59. The zero-order chi connectivity index (χ0) is 14.6. The van der Waals surface area contributed by atoms with Crippen molar-refractivity contribution in [2.45, 2.75) is 90.1 Å². The van der Waals surface area contributed by atoms with E-state index >= 15 is 0 Å². The largest absolute Gasteiger partial charge is 0.329 e. The molecule has 2 rings (SSSR count). The minimum absolute atomic E-state index is 0.330. The minimum atomic E-state index is 0.330. The van der Waals surface area contributed by atoms with E-state index in [9.17, 15) is 0 Å². The molecule has 2 aliphatic rings. The molecule has 1 unspecified atom stereocenters. The van der Waals surface area contributed by atoms with E-state index < -0.39 is 0 Å². The fraction of sp³-hybridized carbons (Fsp3) is 1.00. The van der Waals surface area contributed by atoms with Crippen molar-refractivity contribution in [2.75, 3.05) is 13.1 Å². The molecule has 0 bridgehead atoms. The third kappa shape index (κ3) is 3.39. The maximum Gasteiger partial charge on any atom is 0.0334 e. The predicted molar refractivity (Wildman–Crippen MR) is 87.8 cm³/mol. The zero-order valence-electron chi connectivity index (χ0n) is 14.0. The van der Waals surface area contributed by atoms with Crippen molar-refractivity contribution in [3.8, 4) is 0 Å². The first-order valence-corrected chi connectivity index (χ1v) is 9.10. The van der Waals surface area contributed by atoms with Gasteiger partial charge in [0.2, 0.25) is 0 Å². The van der Waals surface area contributed by atoms with Crippen LogP contribution in [0.15, 0.2) is 0 Å². The van der Waals surface area contributed by atoms with Crippen LogP contribution in [0.3, 0.4) is 0 Å². The average Bonchev–Trinajstić information content (AvgIpc) is 2.72. The highest BCUT2D eigenvalue weighted by Gasteiger charge is 2.42. The molecule has 1 aliphatic heterocycles. The van der Waals surface area contributed by atoms with Crippen LogP contribution >= 0.6 is 0 Å². The second kappa shape index (κ2) is 7.26. The summed E-state index contributed by atoms with van der Waals surface area (Å²) in [6.45, 7) is 9.31. The van der Waals surface area contributed by atoms with Crippen LogP contribution in [-0.4, -0.2) is 29.6 Å². The lowest BCUT2D eigenvalue weighted by molar-refractivity contribution is 0.00247. The van der Waals surface area contributed by atoms with Gasteiger partial charge in [0, 0.05) is 18.1 Å². The van der Waals surface area contributed by atoms with Crippen LogP contribution in [0.4, 0.5) is 0 Å². The molecule has 1 aliphatic carbocycles. The van der Waals surface area contributed by atoms with Gasteiger partial charge >= 0.3 is 0 Å². The van der Waals surface area contributed by atoms with Crippen LogP contribution < -0.4 is 5.73 Å². The molecule has 2 heteroatoms. The van der Waals surface area contributed by atoms with Crippen molar-refractivity contribution in [3.63, 3.8) is 0 Å². The van der Waals surface area contributed by atoms with Crippen LogP contribution in [0, 0.1) is 11.8 Å². The lowest BCUT2D eigenvalue weighted by Gasteiger charge is -2.51. The average molecular weight is 281 g/mol. The first-order valence-electron chi connectivity index (χ1n) is 9.10. The molecule has 118 valence electrons. The minimum Gasteiger partial charge on any atom is -0.329 e. The fourth-order valence-electron chi connectivity index (χ4n) is 4.68. The monoisotopic (exact) mass is 280 g/mol. The smallest absolute Gasteiger partial charge is 0.0334 e. The van der Waals surface area contributed by atoms with Gasteiger partial charge in [0.05, 0.1) is 0 Å². The molecule has 1 atom stereocenters. The summed E-state index contributed by atoms with van der Waals surface area (Å²) < 4.78 is 0. The second-order valence-corrected chi connectivity index (χ2v) is 7.61. The number of nitrogens with two attached hydrogens (primary N) is 1. The number of likely N-dealkylation sites (tertiary alicyclic amines) is 1. The normalized spacial score (nSPS) is 37.0. The highest BCUT2D eigenvalue weighted by atomic mass is 15.2. The summed E-state index contributed by atoms with van der Waals surface area (Å²) in [5.41, 5.74) is 6.65. The molecule has 2 nitrogen and oxygen atoms in total. The molecule has 2 fully saturated rings. The van der Waals surface area contributed by atoms with Gasteiger partial charge in [0.15, 0.2) is 0 Å². The summed E-state index contributed by atoms with van der Waals surface area (Å²) in [5.74, 6) is 1.78. The quantitative estimate of drug-likeness (QED) is 0.837. The van der Waals surface area contributed by atoms with Crippen molar-refractivity contribution in [3.05, 3.63) is 0 Å². The van der Waals surface area contributed by atoms with E-state index in [-0.39, 0.29) is 0 Å². The standard InChI is InChI=1S/C18H36N2/c1-4-17-8-6-5-7-13-20(17)18(14-19)11-9-16(10-12-18)15(2)3/h15-17H,4-14,19H2,1-3H3. The third-order valence-corrected chi connectivity index (χ3v) is 6.24. The van der Waals surface area contributed by atoms with Crippen LogP contribution in [0.2, 0.25) is 0 Å². The fourth-order valence-corrected chi connectivity index (χ4v) is 4.68. The molecule has 0 amide bonds. The van der Waals surface area contributed by atoms with Crippen molar-refractivity contribution in [1.29, 1.82) is 0 Å². The molecule has 0 radical (unpaired) electrons. The summed E-state index contributed by atoms with van der Waals surface area (Å²) in [6.07, 6.45) is 12.4. The Morgan fingerprint density at radius 2 is 1.80 bits per heavy atom. The van der Waals surface area contributed by atoms with Crippen molar-refractivity contribution < 1.29 is 0 Å². The third-order valence-electron chi connectivity index (χ3n) is 6.24.